The predicted molar refractivity (Wildman–Crippen MR) is 251 cm³/mol. The molecule has 4 fully saturated rings. The number of esters is 4. The summed E-state index contributed by atoms with van der Waals surface area (Å²) in [5, 5.41) is 7.56. The third-order valence-corrected chi connectivity index (χ3v) is 14.5. The molecule has 4 saturated carbocycles. The Morgan fingerprint density at radius 2 is 1.13 bits per heavy atom. The highest BCUT2D eigenvalue weighted by Crippen LogP contribution is 2.69. The zero-order chi connectivity index (χ0) is 51.2. The fourth-order valence-electron chi connectivity index (χ4n) is 11.5. The lowest BCUT2D eigenvalue weighted by Gasteiger charge is -2.64. The van der Waals surface area contributed by atoms with Crippen LogP contribution >= 0.6 is 0 Å². The number of amides is 3. The topological polar surface area (TPSA) is 220 Å². The number of hydrogen-bond donors (Lipinski definition) is 3. The van der Waals surface area contributed by atoms with E-state index in [2.05, 4.69) is 36.7 Å². The minimum absolute atomic E-state index is 0.00395. The molecule has 18 nitrogen and oxygen atoms in total. The average Bonchev–Trinajstić information content (AvgIpc) is 3.54. The Hall–Kier alpha value is -4.35. The van der Waals surface area contributed by atoms with Crippen LogP contribution in [0.25, 0.3) is 0 Å². The number of nitrogens with zero attached hydrogens (tertiary/aromatic N) is 1. The van der Waals surface area contributed by atoms with Gasteiger partial charge in [0, 0.05) is 17.8 Å². The molecule has 0 heterocycles. The van der Waals surface area contributed by atoms with Crippen molar-refractivity contribution in [2.45, 2.75) is 176 Å². The Bertz CT molecular complexity index is 1810. The first-order valence-corrected chi connectivity index (χ1v) is 24.6. The van der Waals surface area contributed by atoms with Crippen molar-refractivity contribution in [3.05, 3.63) is 0 Å². The van der Waals surface area contributed by atoms with Crippen molar-refractivity contribution in [2.24, 2.45) is 46.3 Å². The summed E-state index contributed by atoms with van der Waals surface area (Å²) in [5.74, 6) is -2.54. The van der Waals surface area contributed by atoms with E-state index in [1.54, 1.807) is 62.3 Å². The number of alkyl carbamates (subject to hydrolysis) is 3. The number of nitrogens with one attached hydrogen (secondary N) is 3. The van der Waals surface area contributed by atoms with Gasteiger partial charge in [-0.05, 0) is 149 Å². The second-order valence-electron chi connectivity index (χ2n) is 24.2. The van der Waals surface area contributed by atoms with E-state index in [4.69, 9.17) is 33.2 Å². The van der Waals surface area contributed by atoms with Crippen LogP contribution in [0.2, 0.25) is 0 Å². The maximum atomic E-state index is 13.9. The summed E-state index contributed by atoms with van der Waals surface area (Å²) in [7, 11) is 6.11. The lowest BCUT2D eigenvalue weighted by molar-refractivity contribution is -0.870. The SMILES string of the molecule is C[C@H](CCC(=O)OCC[N+](C)(C)C)[C@H]1CC[C@H]2[C@@H]3[C@H](OC(=O)CNC(=O)OC(C)(C)C)C[C@@H]4C[C@H](OC(=O)CNC(=O)OC(C)(C)C)CC[C@]4(C)[C@H]3C[C@H](OC(=O)CNC(=O)OC(C)(C)C)[C@]12C. The van der Waals surface area contributed by atoms with Gasteiger partial charge < -0.3 is 53.6 Å². The first-order valence-electron chi connectivity index (χ1n) is 24.6. The molecule has 0 saturated heterocycles. The van der Waals surface area contributed by atoms with E-state index in [0.29, 0.717) is 56.2 Å². The van der Waals surface area contributed by atoms with Gasteiger partial charge in [0.2, 0.25) is 0 Å². The highest BCUT2D eigenvalue weighted by Gasteiger charge is 2.68. The zero-order valence-electron chi connectivity index (χ0n) is 43.8. The summed E-state index contributed by atoms with van der Waals surface area (Å²) in [6.07, 6.45) is 1.02. The molecular weight excluding hydrogens is 881 g/mol. The summed E-state index contributed by atoms with van der Waals surface area (Å²) < 4.78 is 41.3. The van der Waals surface area contributed by atoms with Crippen LogP contribution in [-0.2, 0) is 52.3 Å². The lowest BCUT2D eigenvalue weighted by atomic mass is 9.43. The second-order valence-corrected chi connectivity index (χ2v) is 24.2. The van der Waals surface area contributed by atoms with E-state index in [-0.39, 0.29) is 59.9 Å². The van der Waals surface area contributed by atoms with E-state index in [0.717, 1.165) is 12.8 Å². The van der Waals surface area contributed by atoms with Crippen molar-refractivity contribution in [1.82, 2.24) is 16.0 Å². The highest BCUT2D eigenvalue weighted by atomic mass is 16.6. The van der Waals surface area contributed by atoms with Gasteiger partial charge in [0.05, 0.1) is 21.1 Å². The second kappa shape index (κ2) is 22.2. The normalized spacial score (nSPS) is 29.6. The van der Waals surface area contributed by atoms with Crippen molar-refractivity contribution in [2.75, 3.05) is 53.9 Å². The van der Waals surface area contributed by atoms with Gasteiger partial charge in [-0.2, -0.15) is 0 Å². The molecule has 68 heavy (non-hydrogen) atoms. The molecule has 18 heteroatoms. The third kappa shape index (κ3) is 16.1. The number of carbonyl (C=O) groups is 7. The van der Waals surface area contributed by atoms with E-state index < -0.39 is 89.8 Å². The van der Waals surface area contributed by atoms with Crippen LogP contribution in [0.4, 0.5) is 14.4 Å². The molecule has 388 valence electrons. The summed E-state index contributed by atoms with van der Waals surface area (Å²) in [6.45, 7) is 21.9. The summed E-state index contributed by atoms with van der Waals surface area (Å²) in [4.78, 5) is 91.3. The number of rotatable bonds is 16. The molecule has 0 aliphatic heterocycles. The van der Waals surface area contributed by atoms with Crippen LogP contribution in [-0.4, -0.2) is 136 Å². The highest BCUT2D eigenvalue weighted by molar-refractivity contribution is 5.79. The minimum Gasteiger partial charge on any atom is -0.461 e. The van der Waals surface area contributed by atoms with Gasteiger partial charge in [-0.1, -0.05) is 20.8 Å². The molecule has 0 unspecified atom stereocenters. The number of fused-ring (bicyclic) bond motifs is 5. The van der Waals surface area contributed by atoms with Crippen molar-refractivity contribution < 1.29 is 71.2 Å². The van der Waals surface area contributed by atoms with Gasteiger partial charge in [0.1, 0.15) is 67.9 Å². The van der Waals surface area contributed by atoms with Crippen LogP contribution < -0.4 is 16.0 Å². The lowest BCUT2D eigenvalue weighted by Crippen LogP contribution is -2.64. The molecule has 0 aromatic carbocycles. The van der Waals surface area contributed by atoms with Crippen LogP contribution in [0.3, 0.4) is 0 Å². The van der Waals surface area contributed by atoms with Crippen LogP contribution in [0.1, 0.15) is 141 Å². The largest absolute Gasteiger partial charge is 0.461 e. The Balaban J connectivity index is 1.65. The zero-order valence-corrected chi connectivity index (χ0v) is 43.8. The molecule has 4 aliphatic carbocycles. The Labute approximate surface area is 404 Å². The van der Waals surface area contributed by atoms with Gasteiger partial charge >= 0.3 is 42.2 Å². The monoisotopic (exact) mass is 966 g/mol. The first-order chi connectivity index (χ1) is 31.2. The van der Waals surface area contributed by atoms with Crippen molar-refractivity contribution in [3.8, 4) is 0 Å². The van der Waals surface area contributed by atoms with Gasteiger partial charge in [-0.3, -0.25) is 19.2 Å². The summed E-state index contributed by atoms with van der Waals surface area (Å²) >= 11 is 0. The number of quaternary nitrogens is 1. The third-order valence-electron chi connectivity index (χ3n) is 14.5. The quantitative estimate of drug-likeness (QED) is 0.0820. The van der Waals surface area contributed by atoms with Crippen molar-refractivity contribution >= 4 is 42.2 Å². The molecule has 0 aromatic heterocycles. The van der Waals surface area contributed by atoms with Gasteiger partial charge in [0.25, 0.3) is 0 Å². The maximum Gasteiger partial charge on any atom is 0.408 e. The van der Waals surface area contributed by atoms with Crippen molar-refractivity contribution in [3.63, 3.8) is 0 Å². The standard InChI is InChI=1S/C50H84N4O14/c1-30(16-19-38(55)62-23-22-54(13,14)15)33-17-18-34-42-35(26-37(50(33,34)12)65-41(58)29-53-45(61)68-48(8,9)10)49(11)21-20-32(63-39(56)27-51-43(59)66-46(2,3)4)24-31(49)25-36(42)64-40(57)28-52-44(60)67-47(5,6)7/h30-37,42H,16-29H2,1-15H3,(H2-,51,52,53,59,60,61)/p+1/t30-,31+,32-,33-,34+,35+,36-,37+,42+,49+,50-/m1/s1. The molecule has 0 aromatic rings. The van der Waals surface area contributed by atoms with Crippen LogP contribution in [0.5, 0.6) is 0 Å². The van der Waals surface area contributed by atoms with Crippen LogP contribution in [0.15, 0.2) is 0 Å². The number of hydrogen-bond acceptors (Lipinski definition) is 14. The molecule has 3 N–H and O–H groups in total. The number of carbonyl (C=O) groups excluding carboxylic acids is 7. The molecule has 4 aliphatic rings. The van der Waals surface area contributed by atoms with E-state index in [1.807, 2.05) is 21.1 Å². The Morgan fingerprint density at radius 1 is 0.632 bits per heavy atom. The first kappa shape index (κ1) is 56.2. The molecular formula is C50H85N4O14+. The number of ether oxygens (including phenoxy) is 7. The average molecular weight is 966 g/mol. The smallest absolute Gasteiger partial charge is 0.408 e. The fraction of sp³-hybridized carbons (Fsp3) is 0.860. The van der Waals surface area contributed by atoms with E-state index in [9.17, 15) is 33.6 Å². The molecule has 3 amide bonds. The minimum atomic E-state index is -0.776. The molecule has 11 atom stereocenters. The van der Waals surface area contributed by atoms with Gasteiger partial charge in [-0.25, -0.2) is 14.4 Å². The Kier molecular flexibility index (Phi) is 18.3. The molecule has 0 bridgehead atoms. The maximum absolute atomic E-state index is 13.9. The molecule has 0 radical (unpaired) electrons. The van der Waals surface area contributed by atoms with Crippen molar-refractivity contribution in [1.29, 1.82) is 0 Å². The predicted octanol–water partition coefficient (Wildman–Crippen LogP) is 6.84. The molecule has 0 spiro atoms. The molecule has 4 rings (SSSR count). The van der Waals surface area contributed by atoms with Crippen LogP contribution in [0, 0.1) is 46.3 Å². The fourth-order valence-corrected chi connectivity index (χ4v) is 11.5. The number of likely N-dealkylation sites (N-methyl/N-ethyl adjacent to an activating group) is 1. The van der Waals surface area contributed by atoms with Gasteiger partial charge in [0.15, 0.2) is 0 Å². The summed E-state index contributed by atoms with van der Waals surface area (Å²) in [6, 6.07) is 0. The Morgan fingerprint density at radius 3 is 1.63 bits per heavy atom. The summed E-state index contributed by atoms with van der Waals surface area (Å²) in [5.41, 5.74) is -3.28. The van der Waals surface area contributed by atoms with E-state index in [1.165, 1.54) is 0 Å². The van der Waals surface area contributed by atoms with E-state index >= 15 is 0 Å². The van der Waals surface area contributed by atoms with Gasteiger partial charge in [-0.15, -0.1) is 0 Å².